The van der Waals surface area contributed by atoms with Crippen molar-refractivity contribution < 1.29 is 9.18 Å². The molecule has 2 rings (SSSR count). The van der Waals surface area contributed by atoms with E-state index >= 15 is 0 Å². The van der Waals surface area contributed by atoms with Crippen LogP contribution in [0.25, 0.3) is 0 Å². The first-order chi connectivity index (χ1) is 8.90. The molecule has 98 valence electrons. The smallest absolute Gasteiger partial charge is 0.194 e. The second-order valence-electron chi connectivity index (χ2n) is 4.15. The number of carbonyl (C=O) groups is 1. The van der Waals surface area contributed by atoms with Gasteiger partial charge in [0, 0.05) is 21.3 Å². The van der Waals surface area contributed by atoms with E-state index in [1.165, 1.54) is 6.07 Å². The summed E-state index contributed by atoms with van der Waals surface area (Å²) in [6, 6.07) is 7.47. The van der Waals surface area contributed by atoms with Gasteiger partial charge in [-0.25, -0.2) is 4.39 Å². The molecule has 2 aromatic rings. The Kier molecular flexibility index (Phi) is 3.92. The fraction of sp³-hybridized carbons (Fsp3) is 0.0714. The van der Waals surface area contributed by atoms with Gasteiger partial charge in [-0.3, -0.25) is 4.79 Å². The Morgan fingerprint density at radius 1 is 1.32 bits per heavy atom. The second kappa shape index (κ2) is 5.31. The molecule has 0 unspecified atom stereocenters. The summed E-state index contributed by atoms with van der Waals surface area (Å²) in [5.74, 6) is -0.718. The third kappa shape index (κ3) is 2.80. The zero-order chi connectivity index (χ0) is 14.2. The summed E-state index contributed by atoms with van der Waals surface area (Å²) in [4.78, 5) is 12.3. The van der Waals surface area contributed by atoms with Gasteiger partial charge in [0.05, 0.1) is 5.02 Å². The van der Waals surface area contributed by atoms with Crippen molar-refractivity contribution >= 4 is 39.0 Å². The average molecular weight is 343 g/mol. The predicted molar refractivity (Wildman–Crippen MR) is 78.1 cm³/mol. The minimum atomic E-state index is -0.433. The van der Waals surface area contributed by atoms with Crippen LogP contribution in [0.5, 0.6) is 0 Å². The van der Waals surface area contributed by atoms with E-state index in [9.17, 15) is 9.18 Å². The minimum Gasteiger partial charge on any atom is -0.398 e. The maximum atomic E-state index is 13.3. The second-order valence-corrected chi connectivity index (χ2v) is 5.41. The summed E-state index contributed by atoms with van der Waals surface area (Å²) in [5.41, 5.74) is 7.25. The van der Waals surface area contributed by atoms with Crippen molar-refractivity contribution in [1.29, 1.82) is 0 Å². The standard InChI is InChI=1S/C14H10BrClFNO/c1-7-4-9(11(16)6-12(7)17)14(19)8-2-3-10(15)13(18)5-8/h2-6H,18H2,1H3. The third-order valence-corrected chi connectivity index (χ3v) is 3.79. The van der Waals surface area contributed by atoms with Crippen LogP contribution in [0.15, 0.2) is 34.8 Å². The molecular formula is C14H10BrClFNO. The number of aryl methyl sites for hydroxylation is 1. The van der Waals surface area contributed by atoms with Gasteiger partial charge in [0.15, 0.2) is 5.78 Å². The first kappa shape index (κ1) is 14.0. The highest BCUT2D eigenvalue weighted by molar-refractivity contribution is 9.10. The molecule has 0 fully saturated rings. The normalized spacial score (nSPS) is 10.5. The highest BCUT2D eigenvalue weighted by Crippen LogP contribution is 2.26. The number of carbonyl (C=O) groups excluding carboxylic acids is 1. The molecule has 19 heavy (non-hydrogen) atoms. The van der Waals surface area contributed by atoms with Gasteiger partial charge in [-0.15, -0.1) is 0 Å². The van der Waals surface area contributed by atoms with Crippen molar-refractivity contribution in [1.82, 2.24) is 0 Å². The topological polar surface area (TPSA) is 43.1 Å². The number of hydrogen-bond donors (Lipinski definition) is 1. The molecule has 2 nitrogen and oxygen atoms in total. The van der Waals surface area contributed by atoms with Gasteiger partial charge < -0.3 is 5.73 Å². The maximum Gasteiger partial charge on any atom is 0.194 e. The molecular weight excluding hydrogens is 333 g/mol. The van der Waals surface area contributed by atoms with Crippen molar-refractivity contribution in [2.75, 3.05) is 5.73 Å². The monoisotopic (exact) mass is 341 g/mol. The quantitative estimate of drug-likeness (QED) is 0.651. The van der Waals surface area contributed by atoms with E-state index in [-0.39, 0.29) is 16.4 Å². The molecule has 0 atom stereocenters. The molecule has 0 spiro atoms. The SMILES string of the molecule is Cc1cc(C(=O)c2ccc(Br)c(N)c2)c(Cl)cc1F. The van der Waals surface area contributed by atoms with Crippen LogP contribution in [0.3, 0.4) is 0 Å². The maximum absolute atomic E-state index is 13.3. The molecule has 2 N–H and O–H groups in total. The molecule has 0 aliphatic rings. The lowest BCUT2D eigenvalue weighted by atomic mass is 10.0. The lowest BCUT2D eigenvalue weighted by molar-refractivity contribution is 0.103. The van der Waals surface area contributed by atoms with Gasteiger partial charge in [-0.2, -0.15) is 0 Å². The number of nitrogen functional groups attached to an aromatic ring is 1. The van der Waals surface area contributed by atoms with Crippen LogP contribution < -0.4 is 5.73 Å². The third-order valence-electron chi connectivity index (χ3n) is 2.75. The Labute approximate surface area is 123 Å². The number of benzene rings is 2. The zero-order valence-electron chi connectivity index (χ0n) is 10.0. The van der Waals surface area contributed by atoms with Crippen molar-refractivity contribution in [3.05, 3.63) is 62.3 Å². The van der Waals surface area contributed by atoms with Gasteiger partial charge in [-0.1, -0.05) is 11.6 Å². The van der Waals surface area contributed by atoms with Crippen LogP contribution in [0.2, 0.25) is 5.02 Å². The fourth-order valence-electron chi connectivity index (χ4n) is 1.67. The molecule has 0 aliphatic heterocycles. The van der Waals surface area contributed by atoms with Gasteiger partial charge in [0.2, 0.25) is 0 Å². The van der Waals surface area contributed by atoms with Crippen molar-refractivity contribution in [3.63, 3.8) is 0 Å². The molecule has 0 saturated carbocycles. The van der Waals surface area contributed by atoms with E-state index in [2.05, 4.69) is 15.9 Å². The van der Waals surface area contributed by atoms with Crippen LogP contribution in [-0.4, -0.2) is 5.78 Å². The van der Waals surface area contributed by atoms with Crippen LogP contribution in [-0.2, 0) is 0 Å². The number of rotatable bonds is 2. The molecule has 0 heterocycles. The molecule has 0 radical (unpaired) electrons. The first-order valence-corrected chi connectivity index (χ1v) is 6.62. The van der Waals surface area contributed by atoms with Crippen LogP contribution >= 0.6 is 27.5 Å². The van der Waals surface area contributed by atoms with Crippen LogP contribution in [0, 0.1) is 12.7 Å². The molecule has 5 heteroatoms. The number of nitrogens with two attached hydrogens (primary N) is 1. The predicted octanol–water partition coefficient (Wildman–Crippen LogP) is 4.36. The van der Waals surface area contributed by atoms with E-state index in [4.69, 9.17) is 17.3 Å². The summed E-state index contributed by atoms with van der Waals surface area (Å²) in [6.45, 7) is 1.58. The zero-order valence-corrected chi connectivity index (χ0v) is 12.3. The first-order valence-electron chi connectivity index (χ1n) is 5.45. The average Bonchev–Trinajstić information content (AvgIpc) is 2.36. The number of halogens is 3. The van der Waals surface area contributed by atoms with Gasteiger partial charge in [0.25, 0.3) is 0 Å². The van der Waals surface area contributed by atoms with E-state index in [1.807, 2.05) is 0 Å². The molecule has 0 aliphatic carbocycles. The Bertz CT molecular complexity index is 673. The molecule has 2 aromatic carbocycles. The van der Waals surface area contributed by atoms with Gasteiger partial charge in [-0.05, 0) is 58.7 Å². The van der Waals surface area contributed by atoms with Crippen molar-refractivity contribution in [2.45, 2.75) is 6.92 Å². The summed E-state index contributed by atoms with van der Waals surface area (Å²) in [6.07, 6.45) is 0. The minimum absolute atomic E-state index is 0.0922. The van der Waals surface area contributed by atoms with Gasteiger partial charge in [0.1, 0.15) is 5.82 Å². The summed E-state index contributed by atoms with van der Waals surface area (Å²) in [7, 11) is 0. The highest BCUT2D eigenvalue weighted by atomic mass is 79.9. The van der Waals surface area contributed by atoms with Crippen molar-refractivity contribution in [2.24, 2.45) is 0 Å². The summed E-state index contributed by atoms with van der Waals surface area (Å²) < 4.78 is 14.0. The Morgan fingerprint density at radius 2 is 2.00 bits per heavy atom. The largest absolute Gasteiger partial charge is 0.398 e. The number of hydrogen-bond acceptors (Lipinski definition) is 2. The van der Waals surface area contributed by atoms with E-state index in [0.29, 0.717) is 21.3 Å². The number of anilines is 1. The Morgan fingerprint density at radius 3 is 2.63 bits per heavy atom. The highest BCUT2D eigenvalue weighted by Gasteiger charge is 2.15. The number of ketones is 1. The molecule has 0 amide bonds. The lowest BCUT2D eigenvalue weighted by Crippen LogP contribution is -2.04. The van der Waals surface area contributed by atoms with E-state index < -0.39 is 5.82 Å². The lowest BCUT2D eigenvalue weighted by Gasteiger charge is -2.07. The summed E-state index contributed by atoms with van der Waals surface area (Å²) >= 11 is 9.17. The molecule has 0 saturated heterocycles. The van der Waals surface area contributed by atoms with E-state index in [0.717, 1.165) is 6.07 Å². The molecule has 0 bridgehead atoms. The summed E-state index contributed by atoms with van der Waals surface area (Å²) in [5, 5.41) is 0.0922. The Balaban J connectivity index is 2.49. The molecule has 0 aromatic heterocycles. The fourth-order valence-corrected chi connectivity index (χ4v) is 2.15. The van der Waals surface area contributed by atoms with Crippen molar-refractivity contribution in [3.8, 4) is 0 Å². The van der Waals surface area contributed by atoms with Gasteiger partial charge >= 0.3 is 0 Å². The van der Waals surface area contributed by atoms with Crippen LogP contribution in [0.1, 0.15) is 21.5 Å². The van der Waals surface area contributed by atoms with Crippen LogP contribution in [0.4, 0.5) is 10.1 Å². The van der Waals surface area contributed by atoms with E-state index in [1.54, 1.807) is 25.1 Å². The Hall–Kier alpha value is -1.39.